The highest BCUT2D eigenvalue weighted by atomic mass is 16.7. The Kier molecular flexibility index (Phi) is 4.75. The molecule has 0 aliphatic carbocycles. The van der Waals surface area contributed by atoms with E-state index in [1.165, 1.54) is 0 Å². The van der Waals surface area contributed by atoms with Gasteiger partial charge in [0.2, 0.25) is 12.7 Å². The van der Waals surface area contributed by atoms with Gasteiger partial charge in [0, 0.05) is 37.8 Å². The Hall–Kier alpha value is -2.60. The van der Waals surface area contributed by atoms with Crippen LogP contribution >= 0.6 is 0 Å². The van der Waals surface area contributed by atoms with Crippen LogP contribution in [0.5, 0.6) is 11.5 Å². The van der Waals surface area contributed by atoms with Crippen LogP contribution in [0.4, 0.5) is 0 Å². The minimum absolute atomic E-state index is 0.00636. The van der Waals surface area contributed by atoms with E-state index in [-0.39, 0.29) is 18.6 Å². The van der Waals surface area contributed by atoms with E-state index < -0.39 is 6.10 Å². The lowest BCUT2D eigenvalue weighted by molar-refractivity contribution is -0.134. The largest absolute Gasteiger partial charge is 0.454 e. The molecule has 1 N–H and O–H groups in total. The van der Waals surface area contributed by atoms with Crippen molar-refractivity contribution in [2.75, 3.05) is 19.9 Å². The average molecular weight is 354 g/mol. The number of piperidine rings is 1. The van der Waals surface area contributed by atoms with Gasteiger partial charge in [-0.2, -0.15) is 0 Å². The maximum atomic E-state index is 12.5. The highest BCUT2D eigenvalue weighted by Gasteiger charge is 2.31. The number of hydrogen-bond acceptors (Lipinski definition) is 5. The molecule has 6 heteroatoms. The van der Waals surface area contributed by atoms with Crippen molar-refractivity contribution in [2.45, 2.75) is 31.3 Å². The van der Waals surface area contributed by atoms with Crippen molar-refractivity contribution in [2.24, 2.45) is 0 Å². The summed E-state index contributed by atoms with van der Waals surface area (Å²) < 4.78 is 10.8. The zero-order valence-electron chi connectivity index (χ0n) is 14.5. The van der Waals surface area contributed by atoms with Crippen molar-refractivity contribution in [3.63, 3.8) is 0 Å². The lowest BCUT2D eigenvalue weighted by atomic mass is 9.86. The number of aliphatic hydroxyl groups is 1. The first-order valence-corrected chi connectivity index (χ1v) is 8.95. The van der Waals surface area contributed by atoms with Gasteiger partial charge in [0.25, 0.3) is 0 Å². The van der Waals surface area contributed by atoms with E-state index in [1.54, 1.807) is 17.3 Å². The Morgan fingerprint density at radius 1 is 1.27 bits per heavy atom. The number of ether oxygens (including phenoxy) is 2. The van der Waals surface area contributed by atoms with Crippen LogP contribution in [-0.4, -0.2) is 46.9 Å². The van der Waals surface area contributed by atoms with Crippen molar-refractivity contribution < 1.29 is 19.4 Å². The summed E-state index contributed by atoms with van der Waals surface area (Å²) in [5, 5.41) is 10.6. The standard InChI is InChI=1S/C20H22N2O4/c23-17-12-22(20(24)6-3-14-2-1-8-21-11-14)9-7-16(17)15-4-5-18-19(10-15)26-13-25-18/h1-2,4-5,8,10-11,16-17,23H,3,6-7,9,12-13H2/t16-,17+/m0/s1. The molecule has 2 aliphatic heterocycles. The molecule has 1 saturated heterocycles. The summed E-state index contributed by atoms with van der Waals surface area (Å²) in [4.78, 5) is 18.3. The molecule has 2 aliphatic rings. The maximum Gasteiger partial charge on any atom is 0.231 e. The van der Waals surface area contributed by atoms with E-state index >= 15 is 0 Å². The van der Waals surface area contributed by atoms with E-state index in [9.17, 15) is 9.90 Å². The molecular weight excluding hydrogens is 332 g/mol. The molecule has 0 saturated carbocycles. The molecule has 0 unspecified atom stereocenters. The Labute approximate surface area is 152 Å². The van der Waals surface area contributed by atoms with Gasteiger partial charge in [-0.25, -0.2) is 0 Å². The van der Waals surface area contributed by atoms with Gasteiger partial charge >= 0.3 is 0 Å². The van der Waals surface area contributed by atoms with Gasteiger partial charge in [0.05, 0.1) is 6.10 Å². The number of rotatable bonds is 4. The van der Waals surface area contributed by atoms with Gasteiger partial charge in [-0.1, -0.05) is 12.1 Å². The summed E-state index contributed by atoms with van der Waals surface area (Å²) in [6.07, 6.45) is 4.78. The maximum absolute atomic E-state index is 12.5. The van der Waals surface area contributed by atoms with Crippen LogP contribution in [-0.2, 0) is 11.2 Å². The number of aromatic nitrogens is 1. The van der Waals surface area contributed by atoms with Crippen LogP contribution in [0.3, 0.4) is 0 Å². The van der Waals surface area contributed by atoms with Gasteiger partial charge in [0.1, 0.15) is 0 Å². The smallest absolute Gasteiger partial charge is 0.231 e. The van der Waals surface area contributed by atoms with Crippen LogP contribution in [0, 0.1) is 0 Å². The second-order valence-electron chi connectivity index (χ2n) is 6.78. The molecule has 4 rings (SSSR count). The molecule has 0 radical (unpaired) electrons. The number of aliphatic hydroxyl groups excluding tert-OH is 1. The fourth-order valence-electron chi connectivity index (χ4n) is 3.65. The molecule has 6 nitrogen and oxygen atoms in total. The van der Waals surface area contributed by atoms with E-state index in [0.717, 1.165) is 29.0 Å². The summed E-state index contributed by atoms with van der Waals surface area (Å²) in [5.74, 6) is 1.56. The Balaban J connectivity index is 1.35. The fourth-order valence-corrected chi connectivity index (χ4v) is 3.65. The summed E-state index contributed by atoms with van der Waals surface area (Å²) in [6, 6.07) is 9.65. The summed E-state index contributed by atoms with van der Waals surface area (Å²) in [5.41, 5.74) is 2.08. The second kappa shape index (κ2) is 7.33. The number of likely N-dealkylation sites (tertiary alicyclic amines) is 1. The predicted molar refractivity (Wildman–Crippen MR) is 95.1 cm³/mol. The average Bonchev–Trinajstić information content (AvgIpc) is 3.14. The molecule has 0 spiro atoms. The van der Waals surface area contributed by atoms with E-state index in [4.69, 9.17) is 9.47 Å². The number of carbonyl (C=O) groups is 1. The number of β-amino-alcohol motifs (C(OH)–C–C–N with tert-alkyl or cyclic N) is 1. The monoisotopic (exact) mass is 354 g/mol. The molecule has 1 amide bonds. The lowest BCUT2D eigenvalue weighted by Gasteiger charge is -2.36. The van der Waals surface area contributed by atoms with E-state index in [1.807, 2.05) is 30.3 Å². The van der Waals surface area contributed by atoms with Crippen molar-refractivity contribution in [1.29, 1.82) is 0 Å². The Morgan fingerprint density at radius 2 is 2.15 bits per heavy atom. The van der Waals surface area contributed by atoms with E-state index in [2.05, 4.69) is 4.98 Å². The van der Waals surface area contributed by atoms with Gasteiger partial charge in [-0.05, 0) is 42.2 Å². The SMILES string of the molecule is O=C(CCc1cccnc1)N1CC[C@@H](c2ccc3c(c2)OCO3)[C@H](O)C1. The zero-order valence-corrected chi connectivity index (χ0v) is 14.5. The Morgan fingerprint density at radius 3 is 2.96 bits per heavy atom. The molecular formula is C20H22N2O4. The topological polar surface area (TPSA) is 71.9 Å². The third kappa shape index (κ3) is 3.51. The molecule has 2 atom stereocenters. The molecule has 3 heterocycles. The zero-order chi connectivity index (χ0) is 17.9. The molecule has 2 aromatic rings. The number of aryl methyl sites for hydroxylation is 1. The number of amides is 1. The number of pyridine rings is 1. The first kappa shape index (κ1) is 16.8. The molecule has 26 heavy (non-hydrogen) atoms. The number of fused-ring (bicyclic) bond motifs is 1. The van der Waals surface area contributed by atoms with Gasteiger partial charge in [-0.15, -0.1) is 0 Å². The summed E-state index contributed by atoms with van der Waals surface area (Å²) >= 11 is 0. The van der Waals surface area contributed by atoms with Crippen LogP contribution in [0.1, 0.15) is 29.9 Å². The summed E-state index contributed by atoms with van der Waals surface area (Å²) in [7, 11) is 0. The molecule has 1 aromatic carbocycles. The summed E-state index contributed by atoms with van der Waals surface area (Å²) in [6.45, 7) is 1.26. The third-order valence-corrected chi connectivity index (χ3v) is 5.11. The normalized spacial score (nSPS) is 21.7. The first-order chi connectivity index (χ1) is 12.7. The number of nitrogens with zero attached hydrogens (tertiary/aromatic N) is 2. The van der Waals surface area contributed by atoms with E-state index in [0.29, 0.717) is 25.9 Å². The number of carbonyl (C=O) groups excluding carboxylic acids is 1. The van der Waals surface area contributed by atoms with Crippen LogP contribution in [0.2, 0.25) is 0 Å². The highest BCUT2D eigenvalue weighted by molar-refractivity contribution is 5.76. The van der Waals surface area contributed by atoms with Crippen molar-refractivity contribution >= 4 is 5.91 Å². The highest BCUT2D eigenvalue weighted by Crippen LogP contribution is 2.37. The van der Waals surface area contributed by atoms with Crippen LogP contribution < -0.4 is 9.47 Å². The van der Waals surface area contributed by atoms with Gasteiger partial charge < -0.3 is 19.5 Å². The first-order valence-electron chi connectivity index (χ1n) is 8.95. The van der Waals surface area contributed by atoms with Gasteiger partial charge in [-0.3, -0.25) is 9.78 Å². The fraction of sp³-hybridized carbons (Fsp3) is 0.400. The van der Waals surface area contributed by atoms with Crippen LogP contribution in [0.25, 0.3) is 0 Å². The Bertz CT molecular complexity index is 781. The van der Waals surface area contributed by atoms with Gasteiger partial charge in [0.15, 0.2) is 11.5 Å². The van der Waals surface area contributed by atoms with Crippen molar-refractivity contribution in [3.8, 4) is 11.5 Å². The molecule has 136 valence electrons. The lowest BCUT2D eigenvalue weighted by Crippen LogP contribution is -2.45. The van der Waals surface area contributed by atoms with Crippen molar-refractivity contribution in [3.05, 3.63) is 53.9 Å². The minimum atomic E-state index is -0.577. The molecule has 1 aromatic heterocycles. The molecule has 0 bridgehead atoms. The number of benzene rings is 1. The van der Waals surface area contributed by atoms with Crippen molar-refractivity contribution in [1.82, 2.24) is 9.88 Å². The predicted octanol–water partition coefficient (Wildman–Crippen LogP) is 2.12. The quantitative estimate of drug-likeness (QED) is 0.911. The third-order valence-electron chi connectivity index (χ3n) is 5.11. The molecule has 1 fully saturated rings. The minimum Gasteiger partial charge on any atom is -0.454 e. The second-order valence-corrected chi connectivity index (χ2v) is 6.78. The number of hydrogen-bond donors (Lipinski definition) is 1. The van der Waals surface area contributed by atoms with Crippen LogP contribution in [0.15, 0.2) is 42.7 Å².